The average molecular weight is 289 g/mol. The second-order valence-corrected chi connectivity index (χ2v) is 5.75. The van der Waals surface area contributed by atoms with Gasteiger partial charge in [0.05, 0.1) is 18.9 Å². The summed E-state index contributed by atoms with van der Waals surface area (Å²) >= 11 is 0. The molecule has 0 aromatic carbocycles. The summed E-state index contributed by atoms with van der Waals surface area (Å²) < 4.78 is 30.7. The number of aliphatic hydroxyl groups is 1. The number of nitrogens with two attached hydrogens (primary N) is 1. The van der Waals surface area contributed by atoms with Gasteiger partial charge in [-0.1, -0.05) is 0 Å². The molecule has 0 amide bonds. The van der Waals surface area contributed by atoms with Gasteiger partial charge in [0.1, 0.15) is 4.90 Å². The third-order valence-electron chi connectivity index (χ3n) is 2.54. The van der Waals surface area contributed by atoms with Crippen LogP contribution >= 0.6 is 0 Å². The van der Waals surface area contributed by atoms with Gasteiger partial charge in [0.25, 0.3) is 0 Å². The molecule has 0 unspecified atom stereocenters. The zero-order valence-corrected chi connectivity index (χ0v) is 11.6. The van der Waals surface area contributed by atoms with E-state index in [2.05, 4.69) is 4.98 Å². The standard InChI is InChI=1S/C11H19N3O4S/c1-18-7-5-14(4-6-15)19(16,17)11-3-2-10(8-12)13-9-11/h2-3,9,15H,4-8,12H2,1H3. The Balaban J connectivity index is 2.96. The molecule has 1 aromatic rings. The Kier molecular flexibility index (Phi) is 6.32. The molecule has 0 saturated carbocycles. The number of nitrogens with zero attached hydrogens (tertiary/aromatic N) is 2. The van der Waals surface area contributed by atoms with E-state index in [4.69, 9.17) is 15.6 Å². The molecule has 1 rings (SSSR count). The minimum Gasteiger partial charge on any atom is -0.395 e. The summed E-state index contributed by atoms with van der Waals surface area (Å²) in [5, 5.41) is 8.95. The molecule has 0 fully saturated rings. The maximum absolute atomic E-state index is 12.3. The van der Waals surface area contributed by atoms with Gasteiger partial charge in [0, 0.05) is 32.9 Å². The molecule has 0 aliphatic rings. The summed E-state index contributed by atoms with van der Waals surface area (Å²) in [5.41, 5.74) is 6.03. The number of hydrogen-bond donors (Lipinski definition) is 2. The van der Waals surface area contributed by atoms with Crippen LogP contribution in [0.5, 0.6) is 0 Å². The number of aromatic nitrogens is 1. The third kappa shape index (κ3) is 4.22. The number of sulfonamides is 1. The first kappa shape index (κ1) is 16.0. The third-order valence-corrected chi connectivity index (χ3v) is 4.42. The summed E-state index contributed by atoms with van der Waals surface area (Å²) in [4.78, 5) is 4.04. The van der Waals surface area contributed by atoms with Crippen molar-refractivity contribution in [3.8, 4) is 0 Å². The highest BCUT2D eigenvalue weighted by molar-refractivity contribution is 7.89. The van der Waals surface area contributed by atoms with Gasteiger partial charge in [0.2, 0.25) is 10.0 Å². The number of hydrogen-bond acceptors (Lipinski definition) is 6. The Morgan fingerprint density at radius 1 is 1.42 bits per heavy atom. The highest BCUT2D eigenvalue weighted by Gasteiger charge is 2.23. The smallest absolute Gasteiger partial charge is 0.244 e. The Morgan fingerprint density at radius 3 is 2.63 bits per heavy atom. The van der Waals surface area contributed by atoms with E-state index in [0.29, 0.717) is 5.69 Å². The number of rotatable bonds is 8. The van der Waals surface area contributed by atoms with Crippen LogP contribution in [0.4, 0.5) is 0 Å². The van der Waals surface area contributed by atoms with Crippen LogP contribution in [-0.2, 0) is 21.3 Å². The van der Waals surface area contributed by atoms with Crippen molar-refractivity contribution in [2.24, 2.45) is 5.73 Å². The summed E-state index contributed by atoms with van der Waals surface area (Å²) in [6, 6.07) is 3.03. The number of aliphatic hydroxyl groups excluding tert-OH is 1. The molecule has 0 aliphatic heterocycles. The summed E-state index contributed by atoms with van der Waals surface area (Å²) in [5.74, 6) is 0. The SMILES string of the molecule is COCCN(CCO)S(=O)(=O)c1ccc(CN)nc1. The minimum absolute atomic E-state index is 0.0182. The van der Waals surface area contributed by atoms with Crippen molar-refractivity contribution >= 4 is 10.0 Å². The van der Waals surface area contributed by atoms with Crippen LogP contribution in [0, 0.1) is 0 Å². The van der Waals surface area contributed by atoms with E-state index >= 15 is 0 Å². The van der Waals surface area contributed by atoms with E-state index in [-0.39, 0.29) is 37.7 Å². The van der Waals surface area contributed by atoms with Crippen molar-refractivity contribution in [3.05, 3.63) is 24.0 Å². The second kappa shape index (κ2) is 7.51. The lowest BCUT2D eigenvalue weighted by molar-refractivity contribution is 0.168. The molecule has 0 spiro atoms. The Morgan fingerprint density at radius 2 is 2.16 bits per heavy atom. The van der Waals surface area contributed by atoms with Gasteiger partial charge in [-0.25, -0.2) is 8.42 Å². The lowest BCUT2D eigenvalue weighted by Gasteiger charge is -2.20. The Bertz CT molecular complexity index is 475. The molecule has 0 bridgehead atoms. The minimum atomic E-state index is -3.67. The van der Waals surface area contributed by atoms with Gasteiger partial charge < -0.3 is 15.6 Å². The second-order valence-electron chi connectivity index (χ2n) is 3.81. The van der Waals surface area contributed by atoms with E-state index in [0.717, 1.165) is 4.31 Å². The fraction of sp³-hybridized carbons (Fsp3) is 0.545. The van der Waals surface area contributed by atoms with Crippen molar-refractivity contribution in [2.75, 3.05) is 33.4 Å². The van der Waals surface area contributed by atoms with Crippen LogP contribution in [0.2, 0.25) is 0 Å². The molecular weight excluding hydrogens is 270 g/mol. The van der Waals surface area contributed by atoms with Crippen LogP contribution < -0.4 is 5.73 Å². The van der Waals surface area contributed by atoms with Crippen molar-refractivity contribution in [1.82, 2.24) is 9.29 Å². The molecule has 0 aliphatic carbocycles. The fourth-order valence-corrected chi connectivity index (χ4v) is 2.85. The Labute approximate surface area is 113 Å². The fourth-order valence-electron chi connectivity index (χ4n) is 1.49. The quantitative estimate of drug-likeness (QED) is 0.647. The molecule has 0 radical (unpaired) electrons. The van der Waals surface area contributed by atoms with Crippen LogP contribution in [0.1, 0.15) is 5.69 Å². The molecule has 1 heterocycles. The number of methoxy groups -OCH3 is 1. The zero-order valence-electron chi connectivity index (χ0n) is 10.8. The predicted octanol–water partition coefficient (Wildman–Crippen LogP) is -0.830. The van der Waals surface area contributed by atoms with Crippen LogP contribution in [0.3, 0.4) is 0 Å². The van der Waals surface area contributed by atoms with Gasteiger partial charge in [-0.2, -0.15) is 4.31 Å². The topological polar surface area (TPSA) is 106 Å². The zero-order chi connectivity index (χ0) is 14.3. The van der Waals surface area contributed by atoms with Crippen molar-refractivity contribution in [3.63, 3.8) is 0 Å². The first-order valence-electron chi connectivity index (χ1n) is 5.81. The lowest BCUT2D eigenvalue weighted by Crippen LogP contribution is -2.36. The number of ether oxygens (including phenoxy) is 1. The molecule has 108 valence electrons. The maximum Gasteiger partial charge on any atom is 0.244 e. The van der Waals surface area contributed by atoms with Crippen molar-refractivity contribution < 1.29 is 18.3 Å². The molecule has 19 heavy (non-hydrogen) atoms. The van der Waals surface area contributed by atoms with Gasteiger partial charge >= 0.3 is 0 Å². The Hall–Kier alpha value is -1.06. The molecule has 8 heteroatoms. The monoisotopic (exact) mass is 289 g/mol. The maximum atomic E-state index is 12.3. The molecule has 0 saturated heterocycles. The van der Waals surface area contributed by atoms with Crippen LogP contribution in [0.25, 0.3) is 0 Å². The van der Waals surface area contributed by atoms with E-state index in [1.54, 1.807) is 6.07 Å². The average Bonchev–Trinajstić information content (AvgIpc) is 2.43. The summed E-state index contributed by atoms with van der Waals surface area (Å²) in [6.45, 7) is 0.456. The predicted molar refractivity (Wildman–Crippen MR) is 69.8 cm³/mol. The molecule has 3 N–H and O–H groups in total. The van der Waals surface area contributed by atoms with Crippen molar-refractivity contribution in [2.45, 2.75) is 11.4 Å². The molecular formula is C11H19N3O4S. The van der Waals surface area contributed by atoms with Gasteiger partial charge in [0.15, 0.2) is 0 Å². The largest absolute Gasteiger partial charge is 0.395 e. The van der Waals surface area contributed by atoms with E-state index in [1.807, 2.05) is 0 Å². The highest BCUT2D eigenvalue weighted by atomic mass is 32.2. The van der Waals surface area contributed by atoms with Gasteiger partial charge in [-0.15, -0.1) is 0 Å². The normalized spacial score (nSPS) is 12.0. The van der Waals surface area contributed by atoms with Crippen LogP contribution in [-0.4, -0.2) is 56.2 Å². The van der Waals surface area contributed by atoms with Gasteiger partial charge in [-0.05, 0) is 12.1 Å². The molecule has 1 aromatic heterocycles. The molecule has 0 atom stereocenters. The van der Waals surface area contributed by atoms with Crippen molar-refractivity contribution in [1.29, 1.82) is 0 Å². The van der Waals surface area contributed by atoms with E-state index < -0.39 is 10.0 Å². The van der Waals surface area contributed by atoms with Gasteiger partial charge in [-0.3, -0.25) is 4.98 Å². The van der Waals surface area contributed by atoms with E-state index in [9.17, 15) is 8.42 Å². The molecule has 7 nitrogen and oxygen atoms in total. The number of pyridine rings is 1. The summed E-state index contributed by atoms with van der Waals surface area (Å²) in [6.07, 6.45) is 1.27. The lowest BCUT2D eigenvalue weighted by atomic mass is 10.4. The van der Waals surface area contributed by atoms with Crippen LogP contribution in [0.15, 0.2) is 23.2 Å². The summed E-state index contributed by atoms with van der Waals surface area (Å²) in [7, 11) is -2.18. The first-order valence-corrected chi connectivity index (χ1v) is 7.25. The van der Waals surface area contributed by atoms with E-state index in [1.165, 1.54) is 19.4 Å². The highest BCUT2D eigenvalue weighted by Crippen LogP contribution is 2.14. The first-order chi connectivity index (χ1) is 9.06.